The summed E-state index contributed by atoms with van der Waals surface area (Å²) in [5.74, 6) is 0.663. The molecule has 3 N–H and O–H groups in total. The van der Waals surface area contributed by atoms with Crippen molar-refractivity contribution in [3.63, 3.8) is 0 Å². The molecule has 0 radical (unpaired) electrons. The topological polar surface area (TPSA) is 86.7 Å². The summed E-state index contributed by atoms with van der Waals surface area (Å²) in [4.78, 5) is 15.2. The van der Waals surface area contributed by atoms with Crippen LogP contribution in [0.25, 0.3) is 11.2 Å². The lowest BCUT2D eigenvalue weighted by Gasteiger charge is -2.26. The molecule has 1 atom stereocenters. The van der Waals surface area contributed by atoms with E-state index < -0.39 is 6.10 Å². The number of H-pyrrole nitrogens is 1. The smallest absolute Gasteiger partial charge is 0.182 e. The van der Waals surface area contributed by atoms with Gasteiger partial charge in [-0.2, -0.15) is 0 Å². The minimum atomic E-state index is -0.449. The van der Waals surface area contributed by atoms with Gasteiger partial charge < -0.3 is 15.4 Å². The van der Waals surface area contributed by atoms with Crippen molar-refractivity contribution in [1.82, 2.24) is 19.9 Å². The summed E-state index contributed by atoms with van der Waals surface area (Å²) in [6, 6.07) is 0. The monoisotopic (exact) mass is 235 g/mol. The Morgan fingerprint density at radius 2 is 2.12 bits per heavy atom. The van der Waals surface area contributed by atoms with E-state index in [-0.39, 0.29) is 5.41 Å². The molecule has 0 saturated heterocycles. The van der Waals surface area contributed by atoms with Crippen LogP contribution in [0.2, 0.25) is 0 Å². The summed E-state index contributed by atoms with van der Waals surface area (Å²) < 4.78 is 0. The number of aliphatic hydroxyl groups excluding tert-OH is 1. The molecule has 0 spiro atoms. The quantitative estimate of drug-likeness (QED) is 0.743. The number of aliphatic hydroxyl groups is 1. The van der Waals surface area contributed by atoms with Crippen molar-refractivity contribution in [1.29, 1.82) is 0 Å². The number of aromatic nitrogens is 4. The van der Waals surface area contributed by atoms with Crippen LogP contribution < -0.4 is 5.32 Å². The summed E-state index contributed by atoms with van der Waals surface area (Å²) in [5, 5.41) is 13.0. The van der Waals surface area contributed by atoms with Crippen LogP contribution in [0, 0.1) is 5.41 Å². The number of nitrogens with zero attached hydrogens (tertiary/aromatic N) is 3. The van der Waals surface area contributed by atoms with Gasteiger partial charge in [-0.15, -0.1) is 0 Å². The molecule has 0 bridgehead atoms. The zero-order valence-electron chi connectivity index (χ0n) is 10.2. The summed E-state index contributed by atoms with van der Waals surface area (Å²) in [5.41, 5.74) is 1.22. The molecule has 2 aromatic rings. The highest BCUT2D eigenvalue weighted by Crippen LogP contribution is 2.20. The first-order valence-electron chi connectivity index (χ1n) is 5.54. The molecule has 0 fully saturated rings. The summed E-state index contributed by atoms with van der Waals surface area (Å²) in [7, 11) is 0. The number of hydrogen-bond donors (Lipinski definition) is 3. The van der Waals surface area contributed by atoms with E-state index in [1.54, 1.807) is 6.33 Å². The van der Waals surface area contributed by atoms with Gasteiger partial charge in [-0.1, -0.05) is 20.8 Å². The minimum absolute atomic E-state index is 0.160. The first-order chi connectivity index (χ1) is 7.98. The summed E-state index contributed by atoms with van der Waals surface area (Å²) in [6.45, 7) is 6.41. The molecule has 2 aromatic heterocycles. The van der Waals surface area contributed by atoms with Crippen molar-refractivity contribution in [3.05, 3.63) is 12.7 Å². The van der Waals surface area contributed by atoms with Crippen LogP contribution in [0.3, 0.4) is 0 Å². The second kappa shape index (κ2) is 4.29. The minimum Gasteiger partial charge on any atom is -0.391 e. The van der Waals surface area contributed by atoms with Crippen LogP contribution in [0.4, 0.5) is 5.82 Å². The fourth-order valence-electron chi connectivity index (χ4n) is 1.40. The van der Waals surface area contributed by atoms with E-state index in [2.05, 4.69) is 25.3 Å². The van der Waals surface area contributed by atoms with Gasteiger partial charge in [-0.25, -0.2) is 15.0 Å². The van der Waals surface area contributed by atoms with E-state index in [4.69, 9.17) is 0 Å². The van der Waals surface area contributed by atoms with Crippen molar-refractivity contribution in [2.75, 3.05) is 11.9 Å². The van der Waals surface area contributed by atoms with Gasteiger partial charge in [0.1, 0.15) is 11.8 Å². The van der Waals surface area contributed by atoms with Gasteiger partial charge in [0.05, 0.1) is 12.4 Å². The first-order valence-corrected chi connectivity index (χ1v) is 5.54. The van der Waals surface area contributed by atoms with E-state index in [1.807, 2.05) is 20.8 Å². The molecular formula is C11H17N5O. The highest BCUT2D eigenvalue weighted by atomic mass is 16.3. The van der Waals surface area contributed by atoms with E-state index in [0.29, 0.717) is 18.0 Å². The van der Waals surface area contributed by atoms with Crippen LogP contribution in [0.1, 0.15) is 20.8 Å². The van der Waals surface area contributed by atoms with Crippen LogP contribution >= 0.6 is 0 Å². The number of anilines is 1. The molecule has 92 valence electrons. The summed E-state index contributed by atoms with van der Waals surface area (Å²) >= 11 is 0. The average molecular weight is 235 g/mol. The standard InChI is InChI=1S/C11H17N5O/c1-11(2,3)7(17)4-12-9-8-10(14-5-13-8)16-6-15-9/h5-7,17H,4H2,1-3H3,(H2,12,13,14,15,16). The Morgan fingerprint density at radius 3 is 2.82 bits per heavy atom. The number of fused-ring (bicyclic) bond motifs is 1. The molecule has 0 aliphatic carbocycles. The molecule has 17 heavy (non-hydrogen) atoms. The predicted octanol–water partition coefficient (Wildman–Crippen LogP) is 1.17. The Kier molecular flexibility index (Phi) is 2.97. The lowest BCUT2D eigenvalue weighted by molar-refractivity contribution is 0.0745. The molecule has 0 amide bonds. The van der Waals surface area contributed by atoms with Crippen LogP contribution in [0.5, 0.6) is 0 Å². The van der Waals surface area contributed by atoms with E-state index >= 15 is 0 Å². The number of rotatable bonds is 3. The maximum absolute atomic E-state index is 9.94. The van der Waals surface area contributed by atoms with Crippen molar-refractivity contribution in [2.24, 2.45) is 5.41 Å². The molecule has 0 aliphatic heterocycles. The van der Waals surface area contributed by atoms with Gasteiger partial charge in [-0.05, 0) is 5.41 Å². The zero-order valence-corrected chi connectivity index (χ0v) is 10.2. The molecule has 6 nitrogen and oxygen atoms in total. The Morgan fingerprint density at radius 1 is 1.35 bits per heavy atom. The highest BCUT2D eigenvalue weighted by Gasteiger charge is 2.22. The van der Waals surface area contributed by atoms with Gasteiger partial charge in [-0.3, -0.25) is 0 Å². The molecule has 0 aromatic carbocycles. The maximum Gasteiger partial charge on any atom is 0.182 e. The third-order valence-corrected chi connectivity index (χ3v) is 2.69. The van der Waals surface area contributed by atoms with Crippen molar-refractivity contribution >= 4 is 17.0 Å². The van der Waals surface area contributed by atoms with Gasteiger partial charge in [0.25, 0.3) is 0 Å². The molecule has 1 unspecified atom stereocenters. The predicted molar refractivity (Wildman–Crippen MR) is 65.6 cm³/mol. The number of nitrogens with one attached hydrogen (secondary N) is 2. The molecule has 6 heteroatoms. The molecular weight excluding hydrogens is 218 g/mol. The Hall–Kier alpha value is -1.69. The summed E-state index contributed by atoms with van der Waals surface area (Å²) in [6.07, 6.45) is 2.58. The second-order valence-electron chi connectivity index (χ2n) is 5.09. The lowest BCUT2D eigenvalue weighted by atomic mass is 9.89. The van der Waals surface area contributed by atoms with Gasteiger partial charge in [0, 0.05) is 6.54 Å². The number of aromatic amines is 1. The zero-order chi connectivity index (χ0) is 12.5. The normalized spacial score (nSPS) is 13.9. The molecule has 2 heterocycles. The van der Waals surface area contributed by atoms with Gasteiger partial charge in [0.2, 0.25) is 0 Å². The fourth-order valence-corrected chi connectivity index (χ4v) is 1.40. The second-order valence-corrected chi connectivity index (χ2v) is 5.09. The molecule has 0 saturated carbocycles. The Bertz CT molecular complexity index is 502. The van der Waals surface area contributed by atoms with Crippen LogP contribution in [-0.2, 0) is 0 Å². The van der Waals surface area contributed by atoms with Crippen LogP contribution in [-0.4, -0.2) is 37.7 Å². The average Bonchev–Trinajstić information content (AvgIpc) is 2.72. The highest BCUT2D eigenvalue weighted by molar-refractivity contribution is 5.81. The molecule has 2 rings (SSSR count). The van der Waals surface area contributed by atoms with Crippen molar-refractivity contribution in [3.8, 4) is 0 Å². The molecule has 0 aliphatic rings. The first kappa shape index (κ1) is 11.8. The van der Waals surface area contributed by atoms with Gasteiger partial charge >= 0.3 is 0 Å². The third-order valence-electron chi connectivity index (χ3n) is 2.69. The lowest BCUT2D eigenvalue weighted by Crippen LogP contribution is -2.33. The fraction of sp³-hybridized carbons (Fsp3) is 0.545. The SMILES string of the molecule is CC(C)(C)C(O)CNc1ncnc2nc[nH]c12. The van der Waals surface area contributed by atoms with E-state index in [9.17, 15) is 5.11 Å². The third kappa shape index (κ3) is 2.52. The van der Waals surface area contributed by atoms with Crippen molar-refractivity contribution < 1.29 is 5.11 Å². The van der Waals surface area contributed by atoms with Crippen molar-refractivity contribution in [2.45, 2.75) is 26.9 Å². The van der Waals surface area contributed by atoms with E-state index in [0.717, 1.165) is 5.52 Å². The Labute approximate surface area is 99.5 Å². The van der Waals surface area contributed by atoms with Gasteiger partial charge in [0.15, 0.2) is 11.5 Å². The van der Waals surface area contributed by atoms with E-state index in [1.165, 1.54) is 6.33 Å². The number of imidazole rings is 1. The maximum atomic E-state index is 9.94. The largest absolute Gasteiger partial charge is 0.391 e. The number of hydrogen-bond acceptors (Lipinski definition) is 5. The van der Waals surface area contributed by atoms with Crippen LogP contribution in [0.15, 0.2) is 12.7 Å². The Balaban J connectivity index is 2.12.